The fraction of sp³-hybridized carbons (Fsp3) is 0.222. The van der Waals surface area contributed by atoms with Crippen molar-refractivity contribution in [3.05, 3.63) is 100 Å². The van der Waals surface area contributed by atoms with Crippen molar-refractivity contribution in [2.24, 2.45) is 0 Å². The van der Waals surface area contributed by atoms with Gasteiger partial charge in [-0.1, -0.05) is 36.4 Å². The van der Waals surface area contributed by atoms with E-state index in [-0.39, 0.29) is 11.3 Å². The number of ketones is 1. The molecule has 1 unspecified atom stereocenters. The standard InChI is InChI=1S/C27H24N2O3/c1-17-7-2-5-11-22(17)29-24(21-10-6-14-28-16-21)23(26(31)27(29)32)25(30)20-13-12-18-8-3-4-9-19(18)15-20/h2,5-7,10-16,24,30H,3-4,8-9H2,1H3/b25-23-. The zero-order chi connectivity index (χ0) is 22.2. The summed E-state index contributed by atoms with van der Waals surface area (Å²) in [5, 5.41) is 11.3. The number of benzene rings is 2. The molecule has 5 rings (SSSR count). The zero-order valence-corrected chi connectivity index (χ0v) is 17.9. The van der Waals surface area contributed by atoms with Crippen molar-refractivity contribution in [2.75, 3.05) is 4.90 Å². The van der Waals surface area contributed by atoms with E-state index in [2.05, 4.69) is 4.98 Å². The lowest BCUT2D eigenvalue weighted by molar-refractivity contribution is -0.132. The number of hydrogen-bond acceptors (Lipinski definition) is 4. The number of hydrogen-bond donors (Lipinski definition) is 1. The highest BCUT2D eigenvalue weighted by molar-refractivity contribution is 6.51. The summed E-state index contributed by atoms with van der Waals surface area (Å²) in [6.45, 7) is 1.90. The average Bonchev–Trinajstić information content (AvgIpc) is 3.09. The van der Waals surface area contributed by atoms with Gasteiger partial charge in [0, 0.05) is 23.6 Å². The van der Waals surface area contributed by atoms with E-state index in [1.165, 1.54) is 22.4 Å². The number of rotatable bonds is 3. The Balaban J connectivity index is 1.70. The molecule has 2 heterocycles. The molecule has 1 N–H and O–H groups in total. The molecule has 0 spiro atoms. The molecule has 160 valence electrons. The molecule has 1 atom stereocenters. The van der Waals surface area contributed by atoms with E-state index < -0.39 is 17.7 Å². The fourth-order valence-corrected chi connectivity index (χ4v) is 4.80. The fourth-order valence-electron chi connectivity index (χ4n) is 4.80. The Hall–Kier alpha value is -3.73. The number of carbonyl (C=O) groups excluding carboxylic acids is 2. The van der Waals surface area contributed by atoms with Crippen molar-refractivity contribution in [3.63, 3.8) is 0 Å². The molecule has 2 aliphatic rings. The van der Waals surface area contributed by atoms with Gasteiger partial charge in [0.05, 0.1) is 11.6 Å². The third-order valence-electron chi connectivity index (χ3n) is 6.44. The molecule has 2 aromatic carbocycles. The number of Topliss-reactive ketones (excluding diaryl/α,β-unsaturated/α-hetero) is 1. The first-order valence-corrected chi connectivity index (χ1v) is 10.9. The van der Waals surface area contributed by atoms with Crippen LogP contribution in [0.25, 0.3) is 5.76 Å². The minimum Gasteiger partial charge on any atom is -0.507 e. The summed E-state index contributed by atoms with van der Waals surface area (Å²) in [4.78, 5) is 32.2. The summed E-state index contributed by atoms with van der Waals surface area (Å²) in [6.07, 6.45) is 7.56. The minimum absolute atomic E-state index is 0.0991. The van der Waals surface area contributed by atoms with Crippen LogP contribution in [0.4, 0.5) is 5.69 Å². The van der Waals surface area contributed by atoms with Crippen LogP contribution in [0.1, 0.15) is 46.7 Å². The molecular formula is C27H24N2O3. The van der Waals surface area contributed by atoms with E-state index in [1.807, 2.05) is 55.5 Å². The van der Waals surface area contributed by atoms with Crippen LogP contribution < -0.4 is 4.90 Å². The number of carbonyl (C=O) groups is 2. The first-order chi connectivity index (χ1) is 15.6. The number of aromatic nitrogens is 1. The summed E-state index contributed by atoms with van der Waals surface area (Å²) in [6, 6.07) is 16.1. The van der Waals surface area contributed by atoms with Crippen LogP contribution in [0.5, 0.6) is 0 Å². The van der Waals surface area contributed by atoms with Crippen molar-refractivity contribution in [1.82, 2.24) is 4.98 Å². The Morgan fingerprint density at radius 1 is 1.00 bits per heavy atom. The Morgan fingerprint density at radius 2 is 1.78 bits per heavy atom. The number of aliphatic hydroxyl groups excluding tert-OH is 1. The van der Waals surface area contributed by atoms with Gasteiger partial charge >= 0.3 is 0 Å². The van der Waals surface area contributed by atoms with Crippen LogP contribution >= 0.6 is 0 Å². The van der Waals surface area contributed by atoms with Crippen molar-refractivity contribution in [1.29, 1.82) is 0 Å². The smallest absolute Gasteiger partial charge is 0.300 e. The highest BCUT2D eigenvalue weighted by atomic mass is 16.3. The monoisotopic (exact) mass is 424 g/mol. The number of fused-ring (bicyclic) bond motifs is 1. The van der Waals surface area contributed by atoms with E-state index >= 15 is 0 Å². The van der Waals surface area contributed by atoms with E-state index in [0.29, 0.717) is 16.8 Å². The van der Waals surface area contributed by atoms with Gasteiger partial charge in [0.15, 0.2) is 0 Å². The van der Waals surface area contributed by atoms with Gasteiger partial charge < -0.3 is 5.11 Å². The van der Waals surface area contributed by atoms with E-state index in [0.717, 1.165) is 24.8 Å². The first kappa shape index (κ1) is 20.2. The van der Waals surface area contributed by atoms with Crippen LogP contribution in [0.2, 0.25) is 0 Å². The molecule has 32 heavy (non-hydrogen) atoms. The van der Waals surface area contributed by atoms with Crippen LogP contribution in [0.3, 0.4) is 0 Å². The molecule has 1 fully saturated rings. The number of anilines is 1. The van der Waals surface area contributed by atoms with Crippen LogP contribution in [-0.2, 0) is 22.4 Å². The number of aryl methyl sites for hydroxylation is 3. The number of para-hydroxylation sites is 1. The molecule has 3 aromatic rings. The molecule has 0 bridgehead atoms. The Morgan fingerprint density at radius 3 is 2.53 bits per heavy atom. The number of amides is 1. The highest BCUT2D eigenvalue weighted by Crippen LogP contribution is 2.43. The van der Waals surface area contributed by atoms with Gasteiger partial charge in [0.1, 0.15) is 5.76 Å². The Labute approximate surface area is 187 Å². The SMILES string of the molecule is Cc1ccccc1N1C(=O)C(=O)/C(=C(\O)c2ccc3c(c2)CCCC3)C1c1cccnc1. The van der Waals surface area contributed by atoms with Gasteiger partial charge in [-0.25, -0.2) is 0 Å². The first-order valence-electron chi connectivity index (χ1n) is 10.9. The zero-order valence-electron chi connectivity index (χ0n) is 17.9. The van der Waals surface area contributed by atoms with E-state index in [9.17, 15) is 14.7 Å². The average molecular weight is 425 g/mol. The van der Waals surface area contributed by atoms with Crippen LogP contribution in [0, 0.1) is 6.92 Å². The van der Waals surface area contributed by atoms with Crippen molar-refractivity contribution < 1.29 is 14.7 Å². The van der Waals surface area contributed by atoms with Gasteiger partial charge in [-0.15, -0.1) is 0 Å². The second-order valence-corrected chi connectivity index (χ2v) is 8.43. The van der Waals surface area contributed by atoms with Crippen molar-refractivity contribution >= 4 is 23.1 Å². The molecule has 1 aliphatic heterocycles. The Bertz CT molecular complexity index is 1250. The summed E-state index contributed by atoms with van der Waals surface area (Å²) in [5.41, 5.74) is 5.35. The molecule has 0 radical (unpaired) electrons. The second-order valence-electron chi connectivity index (χ2n) is 8.43. The van der Waals surface area contributed by atoms with E-state index in [4.69, 9.17) is 0 Å². The molecule has 1 amide bonds. The largest absolute Gasteiger partial charge is 0.507 e. The minimum atomic E-state index is -0.749. The molecular weight excluding hydrogens is 400 g/mol. The summed E-state index contributed by atoms with van der Waals surface area (Å²) in [5.74, 6) is -1.47. The Kier molecular flexibility index (Phi) is 5.10. The van der Waals surface area contributed by atoms with Crippen LogP contribution in [-0.4, -0.2) is 21.8 Å². The van der Waals surface area contributed by atoms with Gasteiger partial charge in [0.25, 0.3) is 11.7 Å². The molecule has 1 aromatic heterocycles. The maximum Gasteiger partial charge on any atom is 0.300 e. The third-order valence-corrected chi connectivity index (χ3v) is 6.44. The molecule has 5 heteroatoms. The van der Waals surface area contributed by atoms with Gasteiger partial charge in [0.2, 0.25) is 0 Å². The quantitative estimate of drug-likeness (QED) is 0.369. The number of aliphatic hydroxyl groups is 1. The van der Waals surface area contributed by atoms with E-state index in [1.54, 1.807) is 18.5 Å². The topological polar surface area (TPSA) is 70.5 Å². The molecule has 1 saturated heterocycles. The molecule has 1 aliphatic carbocycles. The third kappa shape index (κ3) is 3.30. The number of pyridine rings is 1. The summed E-state index contributed by atoms with van der Waals surface area (Å²) in [7, 11) is 0. The lowest BCUT2D eigenvalue weighted by atomic mass is 9.89. The lowest BCUT2D eigenvalue weighted by Crippen LogP contribution is -2.30. The lowest BCUT2D eigenvalue weighted by Gasteiger charge is -2.26. The normalized spacial score (nSPS) is 19.8. The maximum atomic E-state index is 13.3. The van der Waals surface area contributed by atoms with Crippen molar-refractivity contribution in [3.8, 4) is 0 Å². The van der Waals surface area contributed by atoms with Crippen LogP contribution in [0.15, 0.2) is 72.6 Å². The molecule has 5 nitrogen and oxygen atoms in total. The predicted octanol–water partition coefficient (Wildman–Crippen LogP) is 4.90. The second kappa shape index (κ2) is 8.08. The van der Waals surface area contributed by atoms with Gasteiger partial charge in [-0.2, -0.15) is 0 Å². The van der Waals surface area contributed by atoms with Gasteiger partial charge in [-0.3, -0.25) is 19.5 Å². The van der Waals surface area contributed by atoms with Crippen molar-refractivity contribution in [2.45, 2.75) is 38.6 Å². The predicted molar refractivity (Wildman–Crippen MR) is 123 cm³/mol. The van der Waals surface area contributed by atoms with Gasteiger partial charge in [-0.05, 0) is 73.1 Å². The maximum absolute atomic E-state index is 13.3. The molecule has 0 saturated carbocycles. The summed E-state index contributed by atoms with van der Waals surface area (Å²) < 4.78 is 0. The highest BCUT2D eigenvalue weighted by Gasteiger charge is 2.47. The number of nitrogens with zero attached hydrogens (tertiary/aromatic N) is 2. The summed E-state index contributed by atoms with van der Waals surface area (Å²) >= 11 is 0.